The van der Waals surface area contributed by atoms with Crippen LogP contribution in [0.3, 0.4) is 0 Å². The topological polar surface area (TPSA) is 96.1 Å². The van der Waals surface area contributed by atoms with Crippen molar-refractivity contribution in [2.24, 2.45) is 0 Å². The quantitative estimate of drug-likeness (QED) is 0.391. The van der Waals surface area contributed by atoms with Gasteiger partial charge in [-0.25, -0.2) is 24.1 Å². The molecule has 1 N–H and O–H groups in total. The molecule has 2 aromatic carbocycles. The van der Waals surface area contributed by atoms with Gasteiger partial charge in [0.15, 0.2) is 11.6 Å². The summed E-state index contributed by atoms with van der Waals surface area (Å²) in [6.45, 7) is 1.99. The highest BCUT2D eigenvalue weighted by molar-refractivity contribution is 5.86. The lowest BCUT2D eigenvalue weighted by molar-refractivity contribution is 0.187. The summed E-state index contributed by atoms with van der Waals surface area (Å²) in [5.74, 6) is 0.788. The van der Waals surface area contributed by atoms with Gasteiger partial charge in [0.25, 0.3) is 0 Å². The molecule has 0 atom stereocenters. The van der Waals surface area contributed by atoms with E-state index in [1.807, 2.05) is 40.5 Å². The lowest BCUT2D eigenvalue weighted by atomic mass is 10.1. The van der Waals surface area contributed by atoms with Gasteiger partial charge < -0.3 is 9.47 Å². The first-order chi connectivity index (χ1) is 17.0. The van der Waals surface area contributed by atoms with Crippen molar-refractivity contribution in [3.8, 4) is 28.5 Å². The Morgan fingerprint density at radius 3 is 2.57 bits per heavy atom. The molecule has 3 heterocycles. The summed E-state index contributed by atoms with van der Waals surface area (Å²) in [4.78, 5) is 24.8. The summed E-state index contributed by atoms with van der Waals surface area (Å²) in [7, 11) is 2.72. The van der Waals surface area contributed by atoms with Crippen LogP contribution in [0.4, 0.5) is 15.0 Å². The lowest BCUT2D eigenvalue weighted by Gasteiger charge is -2.12. The Bertz CT molecular complexity index is 1540. The third-order valence-electron chi connectivity index (χ3n) is 5.60. The molecule has 1 amide bonds. The number of hydrogen-bond acceptors (Lipinski definition) is 6. The molecule has 0 saturated heterocycles. The van der Waals surface area contributed by atoms with Crippen molar-refractivity contribution in [1.29, 1.82) is 0 Å². The van der Waals surface area contributed by atoms with Crippen LogP contribution in [0.1, 0.15) is 5.56 Å². The number of ether oxygens (including phenoxy) is 2. The number of fused-ring (bicyclic) bond motifs is 1. The van der Waals surface area contributed by atoms with E-state index in [2.05, 4.69) is 25.0 Å². The molecule has 5 rings (SSSR count). The van der Waals surface area contributed by atoms with Gasteiger partial charge in [-0.3, -0.25) is 14.5 Å². The lowest BCUT2D eigenvalue weighted by Crippen LogP contribution is -2.12. The van der Waals surface area contributed by atoms with E-state index in [0.29, 0.717) is 11.6 Å². The van der Waals surface area contributed by atoms with E-state index in [0.717, 1.165) is 33.5 Å². The van der Waals surface area contributed by atoms with Crippen LogP contribution in [-0.2, 0) is 4.74 Å². The smallest absolute Gasteiger partial charge is 0.412 e. The Labute approximate surface area is 199 Å². The standard InChI is InChI=1S/C25H21FN6O3/c1-15-10-16(24-27-8-9-31(24)17-4-6-19(26)21(12-17)34-2)11-20-23(15)29-14-32(20)18-5-7-22(28-13-18)30-25(33)35-3/h4-14H,1-3H3,(H,28,30,33). The number of imidazole rings is 2. The van der Waals surface area contributed by atoms with Crippen LogP contribution in [0, 0.1) is 12.7 Å². The number of carbonyl (C=O) groups is 1. The molecule has 176 valence electrons. The zero-order valence-electron chi connectivity index (χ0n) is 19.2. The van der Waals surface area contributed by atoms with E-state index in [-0.39, 0.29) is 5.75 Å². The van der Waals surface area contributed by atoms with Gasteiger partial charge in [0.2, 0.25) is 0 Å². The number of rotatable bonds is 5. The molecule has 0 spiro atoms. The second-order valence-corrected chi connectivity index (χ2v) is 7.73. The molecule has 3 aromatic heterocycles. The highest BCUT2D eigenvalue weighted by atomic mass is 19.1. The first kappa shape index (κ1) is 22.1. The number of carbonyl (C=O) groups excluding carboxylic acids is 1. The van der Waals surface area contributed by atoms with Crippen LogP contribution in [0.5, 0.6) is 5.75 Å². The number of halogens is 1. The Balaban J connectivity index is 1.57. The highest BCUT2D eigenvalue weighted by Gasteiger charge is 2.15. The number of methoxy groups -OCH3 is 2. The van der Waals surface area contributed by atoms with Crippen LogP contribution in [0.15, 0.2) is 67.4 Å². The molecular formula is C25H21FN6O3. The molecule has 0 aliphatic rings. The molecule has 0 saturated carbocycles. The van der Waals surface area contributed by atoms with Crippen molar-refractivity contribution in [3.05, 3.63) is 78.8 Å². The van der Waals surface area contributed by atoms with E-state index < -0.39 is 11.9 Å². The molecule has 0 bridgehead atoms. The number of benzene rings is 2. The zero-order valence-corrected chi connectivity index (χ0v) is 19.2. The number of nitrogens with one attached hydrogen (secondary N) is 1. The zero-order chi connectivity index (χ0) is 24.5. The third-order valence-corrected chi connectivity index (χ3v) is 5.60. The van der Waals surface area contributed by atoms with Crippen molar-refractivity contribution < 1.29 is 18.7 Å². The summed E-state index contributed by atoms with van der Waals surface area (Å²) >= 11 is 0. The summed E-state index contributed by atoms with van der Waals surface area (Å²) in [5.41, 5.74) is 5.03. The maximum absolute atomic E-state index is 13.9. The highest BCUT2D eigenvalue weighted by Crippen LogP contribution is 2.30. The Kier molecular flexibility index (Phi) is 5.61. The molecule has 9 nitrogen and oxygen atoms in total. The molecule has 35 heavy (non-hydrogen) atoms. The molecule has 0 aliphatic carbocycles. The number of amides is 1. The fourth-order valence-electron chi connectivity index (χ4n) is 3.91. The largest absolute Gasteiger partial charge is 0.494 e. The molecule has 0 fully saturated rings. The Morgan fingerprint density at radius 1 is 1.00 bits per heavy atom. The van der Waals surface area contributed by atoms with E-state index in [1.54, 1.807) is 36.9 Å². The number of pyridine rings is 1. The van der Waals surface area contributed by atoms with E-state index in [4.69, 9.17) is 4.74 Å². The minimum atomic E-state index is -0.590. The predicted molar refractivity (Wildman–Crippen MR) is 129 cm³/mol. The van der Waals surface area contributed by atoms with Gasteiger partial charge in [-0.15, -0.1) is 0 Å². The van der Waals surface area contributed by atoms with Gasteiger partial charge in [-0.1, -0.05) is 0 Å². The predicted octanol–water partition coefficient (Wildman–Crippen LogP) is 4.91. The molecule has 0 radical (unpaired) electrons. The van der Waals surface area contributed by atoms with Gasteiger partial charge >= 0.3 is 6.09 Å². The second-order valence-electron chi connectivity index (χ2n) is 7.73. The molecule has 5 aromatic rings. The minimum absolute atomic E-state index is 0.157. The van der Waals surface area contributed by atoms with E-state index >= 15 is 0 Å². The fourth-order valence-corrected chi connectivity index (χ4v) is 3.91. The van der Waals surface area contributed by atoms with Crippen LogP contribution in [-0.4, -0.2) is 44.4 Å². The van der Waals surface area contributed by atoms with Crippen LogP contribution >= 0.6 is 0 Å². The first-order valence-electron chi connectivity index (χ1n) is 10.6. The van der Waals surface area contributed by atoms with E-state index in [1.165, 1.54) is 20.3 Å². The van der Waals surface area contributed by atoms with Crippen molar-refractivity contribution >= 4 is 22.9 Å². The summed E-state index contributed by atoms with van der Waals surface area (Å²) in [5, 5.41) is 2.53. The normalized spacial score (nSPS) is 11.0. The van der Waals surface area contributed by atoms with Crippen molar-refractivity contribution in [3.63, 3.8) is 0 Å². The van der Waals surface area contributed by atoms with Crippen LogP contribution < -0.4 is 10.1 Å². The summed E-state index contributed by atoms with van der Waals surface area (Å²) in [6, 6.07) is 12.2. The SMILES string of the molecule is COC(=O)Nc1ccc(-n2cnc3c(C)cc(-c4nccn4-c4ccc(F)c(OC)c4)cc32)cn1. The number of aromatic nitrogens is 5. The molecule has 0 aliphatic heterocycles. The minimum Gasteiger partial charge on any atom is -0.494 e. The summed E-state index contributed by atoms with van der Waals surface area (Å²) in [6.07, 6.45) is 6.28. The second kappa shape index (κ2) is 8.90. The Morgan fingerprint density at radius 2 is 1.83 bits per heavy atom. The van der Waals surface area contributed by atoms with Crippen LogP contribution in [0.2, 0.25) is 0 Å². The monoisotopic (exact) mass is 472 g/mol. The average molecular weight is 472 g/mol. The third kappa shape index (κ3) is 4.05. The van der Waals surface area contributed by atoms with Gasteiger partial charge in [0, 0.05) is 24.0 Å². The van der Waals surface area contributed by atoms with Crippen LogP contribution in [0.25, 0.3) is 33.8 Å². The number of hydrogen-bond donors (Lipinski definition) is 1. The van der Waals surface area contributed by atoms with Crippen molar-refractivity contribution in [1.82, 2.24) is 24.1 Å². The fraction of sp³-hybridized carbons (Fsp3) is 0.120. The average Bonchev–Trinajstić information content (AvgIpc) is 3.53. The molecule has 10 heteroatoms. The van der Waals surface area contributed by atoms with Crippen molar-refractivity contribution in [2.45, 2.75) is 6.92 Å². The van der Waals surface area contributed by atoms with Gasteiger partial charge in [0.1, 0.15) is 18.0 Å². The maximum Gasteiger partial charge on any atom is 0.412 e. The number of aryl methyl sites for hydroxylation is 1. The van der Waals surface area contributed by atoms with Crippen molar-refractivity contribution in [2.75, 3.05) is 19.5 Å². The van der Waals surface area contributed by atoms with E-state index in [9.17, 15) is 9.18 Å². The maximum atomic E-state index is 13.9. The molecular weight excluding hydrogens is 451 g/mol. The Hall–Kier alpha value is -4.73. The number of anilines is 1. The summed E-state index contributed by atoms with van der Waals surface area (Å²) < 4.78 is 27.5. The van der Waals surface area contributed by atoms with Gasteiger partial charge in [-0.2, -0.15) is 0 Å². The first-order valence-corrected chi connectivity index (χ1v) is 10.6. The van der Waals surface area contributed by atoms with Gasteiger partial charge in [0.05, 0.1) is 42.8 Å². The van der Waals surface area contributed by atoms with Gasteiger partial charge in [-0.05, 0) is 48.9 Å². The molecule has 0 unspecified atom stereocenters. The number of nitrogens with zero attached hydrogens (tertiary/aromatic N) is 5.